The van der Waals surface area contributed by atoms with Crippen LogP contribution in [0.15, 0.2) is 34.9 Å². The van der Waals surface area contributed by atoms with Gasteiger partial charge in [-0.2, -0.15) is 5.10 Å². The van der Waals surface area contributed by atoms with Crippen molar-refractivity contribution >= 4 is 21.8 Å². The number of nitrogens with one attached hydrogen (secondary N) is 1. The number of halogens is 2. The summed E-state index contributed by atoms with van der Waals surface area (Å²) in [6.45, 7) is 0.536. The molecule has 0 bridgehead atoms. The topological polar surface area (TPSA) is 46.9 Å². The second kappa shape index (κ2) is 6.65. The molecule has 20 heavy (non-hydrogen) atoms. The van der Waals surface area contributed by atoms with E-state index in [4.69, 9.17) is 0 Å². The van der Waals surface area contributed by atoms with Crippen LogP contribution in [0.5, 0.6) is 0 Å². The van der Waals surface area contributed by atoms with Gasteiger partial charge in [-0.3, -0.25) is 9.48 Å². The molecule has 106 valence electrons. The van der Waals surface area contributed by atoms with Gasteiger partial charge in [-0.25, -0.2) is 4.39 Å². The van der Waals surface area contributed by atoms with Crippen LogP contribution in [0.1, 0.15) is 11.3 Å². The van der Waals surface area contributed by atoms with Gasteiger partial charge in [0.1, 0.15) is 5.82 Å². The summed E-state index contributed by atoms with van der Waals surface area (Å²) < 4.78 is 15.3. The maximum absolute atomic E-state index is 12.9. The maximum Gasteiger partial charge on any atom is 0.224 e. The van der Waals surface area contributed by atoms with Gasteiger partial charge in [0.15, 0.2) is 0 Å². The van der Waals surface area contributed by atoms with Crippen molar-refractivity contribution < 1.29 is 9.18 Å². The lowest BCUT2D eigenvalue weighted by atomic mass is 10.1. The molecule has 0 unspecified atom stereocenters. The zero-order valence-corrected chi connectivity index (χ0v) is 12.7. The lowest BCUT2D eigenvalue weighted by Crippen LogP contribution is -2.27. The number of hydrogen-bond donors (Lipinski definition) is 1. The highest BCUT2D eigenvalue weighted by molar-refractivity contribution is 9.10. The van der Waals surface area contributed by atoms with Crippen LogP contribution < -0.4 is 5.32 Å². The first kappa shape index (κ1) is 14.7. The van der Waals surface area contributed by atoms with Crippen molar-refractivity contribution in [3.05, 3.63) is 52.0 Å². The van der Waals surface area contributed by atoms with Gasteiger partial charge in [-0.05, 0) is 23.8 Å². The molecule has 0 saturated carbocycles. The third-order valence-corrected chi connectivity index (χ3v) is 3.58. The molecule has 1 N–H and O–H groups in total. The third kappa shape index (κ3) is 4.16. The Morgan fingerprint density at radius 2 is 2.25 bits per heavy atom. The molecule has 1 amide bonds. The highest BCUT2D eigenvalue weighted by atomic mass is 79.9. The Hall–Kier alpha value is -1.69. The Morgan fingerprint density at radius 1 is 1.45 bits per heavy atom. The smallest absolute Gasteiger partial charge is 0.224 e. The molecular weight excluding hydrogens is 325 g/mol. The van der Waals surface area contributed by atoms with Crippen LogP contribution in [-0.4, -0.2) is 22.2 Å². The lowest BCUT2D eigenvalue weighted by Gasteiger charge is -2.06. The summed E-state index contributed by atoms with van der Waals surface area (Å²) in [5.41, 5.74) is 1.71. The molecule has 2 rings (SSSR count). The fourth-order valence-electron chi connectivity index (χ4n) is 1.83. The molecule has 0 aliphatic carbocycles. The minimum atomic E-state index is -0.323. The monoisotopic (exact) mass is 339 g/mol. The van der Waals surface area contributed by atoms with Crippen LogP contribution in [0.25, 0.3) is 0 Å². The van der Waals surface area contributed by atoms with Crippen LogP contribution in [0.3, 0.4) is 0 Å². The summed E-state index contributed by atoms with van der Waals surface area (Å²) in [5.74, 6) is -0.413. The Morgan fingerprint density at radius 3 is 2.90 bits per heavy atom. The number of carbonyl (C=O) groups excluding carboxylic acids is 1. The number of aromatic nitrogens is 2. The molecule has 1 heterocycles. The van der Waals surface area contributed by atoms with Crippen molar-refractivity contribution in [2.24, 2.45) is 7.05 Å². The van der Waals surface area contributed by atoms with Gasteiger partial charge >= 0.3 is 0 Å². The molecule has 0 atom stereocenters. The van der Waals surface area contributed by atoms with Crippen molar-refractivity contribution in [2.45, 2.75) is 12.8 Å². The quantitative estimate of drug-likeness (QED) is 0.907. The fourth-order valence-corrected chi connectivity index (χ4v) is 2.32. The van der Waals surface area contributed by atoms with Crippen LogP contribution in [0.4, 0.5) is 4.39 Å². The second-order valence-corrected chi connectivity index (χ2v) is 5.35. The molecule has 6 heteroatoms. The summed E-state index contributed by atoms with van der Waals surface area (Å²) in [6.07, 6.45) is 2.78. The Kier molecular flexibility index (Phi) is 4.89. The first-order chi connectivity index (χ1) is 9.54. The van der Waals surface area contributed by atoms with Gasteiger partial charge in [0.05, 0.1) is 12.1 Å². The van der Waals surface area contributed by atoms with Crippen molar-refractivity contribution in [3.63, 3.8) is 0 Å². The van der Waals surface area contributed by atoms with Crippen LogP contribution in [0, 0.1) is 5.82 Å². The highest BCUT2D eigenvalue weighted by Gasteiger charge is 2.07. The zero-order chi connectivity index (χ0) is 14.5. The predicted molar refractivity (Wildman–Crippen MR) is 77.7 cm³/mol. The summed E-state index contributed by atoms with van der Waals surface area (Å²) in [5, 5.41) is 7.06. The Balaban J connectivity index is 1.80. The lowest BCUT2D eigenvalue weighted by molar-refractivity contribution is -0.120. The first-order valence-corrected chi connectivity index (χ1v) is 7.03. The van der Waals surface area contributed by atoms with E-state index >= 15 is 0 Å². The molecule has 0 spiro atoms. The maximum atomic E-state index is 12.9. The molecule has 0 radical (unpaired) electrons. The summed E-state index contributed by atoms with van der Waals surface area (Å²) in [4.78, 5) is 11.8. The van der Waals surface area contributed by atoms with Crippen molar-refractivity contribution in [3.8, 4) is 0 Å². The van der Waals surface area contributed by atoms with E-state index < -0.39 is 0 Å². The third-order valence-electron chi connectivity index (χ3n) is 2.84. The van der Waals surface area contributed by atoms with E-state index in [0.717, 1.165) is 11.3 Å². The minimum absolute atomic E-state index is 0.0896. The number of hydrogen-bond acceptors (Lipinski definition) is 2. The van der Waals surface area contributed by atoms with E-state index in [1.165, 1.54) is 12.1 Å². The summed E-state index contributed by atoms with van der Waals surface area (Å²) in [6, 6.07) is 6.23. The SMILES string of the molecule is Cn1ccc(CCNC(=O)Cc2ccc(F)cc2Br)n1. The number of rotatable bonds is 5. The number of amides is 1. The average Bonchev–Trinajstić information content (AvgIpc) is 2.79. The molecule has 4 nitrogen and oxygen atoms in total. The van der Waals surface area contributed by atoms with Gasteiger partial charge < -0.3 is 5.32 Å². The van der Waals surface area contributed by atoms with E-state index in [0.29, 0.717) is 17.4 Å². The molecule has 1 aromatic carbocycles. The largest absolute Gasteiger partial charge is 0.355 e. The fraction of sp³-hybridized carbons (Fsp3) is 0.286. The minimum Gasteiger partial charge on any atom is -0.355 e. The molecule has 0 aliphatic heterocycles. The van der Waals surface area contributed by atoms with E-state index in [9.17, 15) is 9.18 Å². The molecule has 2 aromatic rings. The first-order valence-electron chi connectivity index (χ1n) is 6.24. The van der Waals surface area contributed by atoms with Gasteiger partial charge in [-0.15, -0.1) is 0 Å². The highest BCUT2D eigenvalue weighted by Crippen LogP contribution is 2.18. The number of nitrogens with zero attached hydrogens (tertiary/aromatic N) is 2. The van der Waals surface area contributed by atoms with Gasteiger partial charge in [0.2, 0.25) is 5.91 Å². The predicted octanol–water partition coefficient (Wildman–Crippen LogP) is 2.22. The van der Waals surface area contributed by atoms with Crippen LogP contribution >= 0.6 is 15.9 Å². The standard InChI is InChI=1S/C14H15BrFN3O/c1-19-7-5-12(18-19)4-6-17-14(20)8-10-2-3-11(16)9-13(10)15/h2-3,5,7,9H,4,6,8H2,1H3,(H,17,20). The molecular formula is C14H15BrFN3O. The van der Waals surface area contributed by atoms with Crippen molar-refractivity contribution in [2.75, 3.05) is 6.54 Å². The molecule has 0 fully saturated rings. The van der Waals surface area contributed by atoms with E-state index in [2.05, 4.69) is 26.3 Å². The van der Waals surface area contributed by atoms with E-state index in [1.54, 1.807) is 10.7 Å². The van der Waals surface area contributed by atoms with E-state index in [1.807, 2.05) is 19.3 Å². The second-order valence-electron chi connectivity index (χ2n) is 4.49. The van der Waals surface area contributed by atoms with Crippen LogP contribution in [0.2, 0.25) is 0 Å². The molecule has 0 aliphatic rings. The number of carbonyl (C=O) groups is 1. The number of aryl methyl sites for hydroxylation is 1. The average molecular weight is 340 g/mol. The zero-order valence-electron chi connectivity index (χ0n) is 11.1. The Labute approximate surface area is 125 Å². The van der Waals surface area contributed by atoms with Gasteiger partial charge in [0, 0.05) is 30.7 Å². The van der Waals surface area contributed by atoms with Gasteiger partial charge in [0.25, 0.3) is 0 Å². The molecule has 0 saturated heterocycles. The van der Waals surface area contributed by atoms with Crippen molar-refractivity contribution in [1.82, 2.24) is 15.1 Å². The van der Waals surface area contributed by atoms with Crippen molar-refractivity contribution in [1.29, 1.82) is 0 Å². The normalized spacial score (nSPS) is 10.6. The van der Waals surface area contributed by atoms with E-state index in [-0.39, 0.29) is 18.1 Å². The summed E-state index contributed by atoms with van der Waals surface area (Å²) in [7, 11) is 1.86. The number of benzene rings is 1. The Bertz CT molecular complexity index is 612. The summed E-state index contributed by atoms with van der Waals surface area (Å²) >= 11 is 3.25. The molecule has 1 aromatic heterocycles. The van der Waals surface area contributed by atoms with Gasteiger partial charge in [-0.1, -0.05) is 22.0 Å². The van der Waals surface area contributed by atoms with Crippen LogP contribution in [-0.2, 0) is 24.7 Å².